The summed E-state index contributed by atoms with van der Waals surface area (Å²) in [6.45, 7) is 8.56. The zero-order valence-electron chi connectivity index (χ0n) is 17.2. The molecule has 1 heterocycles. The first-order chi connectivity index (χ1) is 13.6. The largest absolute Gasteiger partial charge is 0.481 e. The second-order valence-corrected chi connectivity index (χ2v) is 7.84. The van der Waals surface area contributed by atoms with Crippen molar-refractivity contribution in [2.45, 2.75) is 52.2 Å². The molecule has 1 saturated heterocycles. The number of ether oxygens (including phenoxy) is 1. The fourth-order valence-corrected chi connectivity index (χ4v) is 3.77. The lowest BCUT2D eigenvalue weighted by atomic mass is 9.99. The summed E-state index contributed by atoms with van der Waals surface area (Å²) >= 11 is 0. The zero-order chi connectivity index (χ0) is 19.9. The molecule has 150 valence electrons. The summed E-state index contributed by atoms with van der Waals surface area (Å²) in [5, 5.41) is 3.10. The van der Waals surface area contributed by atoms with Gasteiger partial charge in [0.15, 0.2) is 6.10 Å². The number of nitrogens with one attached hydrogen (secondary N) is 1. The summed E-state index contributed by atoms with van der Waals surface area (Å²) < 4.78 is 5.85. The average Bonchev–Trinajstić information content (AvgIpc) is 2.72. The van der Waals surface area contributed by atoms with Crippen LogP contribution >= 0.6 is 0 Å². The highest BCUT2D eigenvalue weighted by atomic mass is 16.5. The molecular weight excluding hydrogens is 348 g/mol. The smallest absolute Gasteiger partial charge is 0.261 e. The van der Waals surface area contributed by atoms with Gasteiger partial charge in [0, 0.05) is 18.8 Å². The van der Waals surface area contributed by atoms with Crippen LogP contribution in [0.1, 0.15) is 51.6 Å². The van der Waals surface area contributed by atoms with E-state index < -0.39 is 6.10 Å². The summed E-state index contributed by atoms with van der Waals surface area (Å²) in [6, 6.07) is 18.0. The molecule has 1 fully saturated rings. The molecule has 1 N–H and O–H groups in total. The molecule has 4 heteroatoms. The third-order valence-electron chi connectivity index (χ3n) is 5.46. The van der Waals surface area contributed by atoms with Crippen molar-refractivity contribution >= 4 is 11.6 Å². The molecular formula is C24H32N2O2. The average molecular weight is 381 g/mol. The zero-order valence-corrected chi connectivity index (χ0v) is 17.2. The number of para-hydroxylation sites is 1. The highest BCUT2D eigenvalue weighted by Gasteiger charge is 2.21. The molecule has 1 aliphatic heterocycles. The molecule has 3 atom stereocenters. The number of amides is 1. The van der Waals surface area contributed by atoms with E-state index in [9.17, 15) is 4.79 Å². The van der Waals surface area contributed by atoms with Gasteiger partial charge in [0.2, 0.25) is 0 Å². The standard InChI is InChI=1S/C24H32N2O2/c1-4-23(28-22-10-6-5-7-11-22)24(27)25-19(3)20-12-14-21(15-13-20)26-16-8-9-18(2)17-26/h5-7,10-15,18-19,23H,4,8-9,16-17H2,1-3H3,(H,25,27)/t18-,19-,23+/m1/s1. The highest BCUT2D eigenvalue weighted by molar-refractivity contribution is 5.81. The Kier molecular flexibility index (Phi) is 6.96. The molecule has 0 saturated carbocycles. The van der Waals surface area contributed by atoms with Crippen molar-refractivity contribution in [2.24, 2.45) is 5.92 Å². The Morgan fingerprint density at radius 3 is 2.54 bits per heavy atom. The van der Waals surface area contributed by atoms with Crippen LogP contribution in [0.15, 0.2) is 54.6 Å². The molecule has 4 nitrogen and oxygen atoms in total. The van der Waals surface area contributed by atoms with Crippen molar-refractivity contribution in [1.29, 1.82) is 0 Å². The lowest BCUT2D eigenvalue weighted by molar-refractivity contribution is -0.128. The molecule has 28 heavy (non-hydrogen) atoms. The first-order valence-electron chi connectivity index (χ1n) is 10.4. The van der Waals surface area contributed by atoms with Gasteiger partial charge in [0.25, 0.3) is 5.91 Å². The predicted molar refractivity (Wildman–Crippen MR) is 115 cm³/mol. The van der Waals surface area contributed by atoms with Crippen LogP contribution < -0.4 is 15.0 Å². The molecule has 0 spiro atoms. The Morgan fingerprint density at radius 1 is 1.18 bits per heavy atom. The lowest BCUT2D eigenvalue weighted by Crippen LogP contribution is -2.39. The maximum atomic E-state index is 12.7. The quantitative estimate of drug-likeness (QED) is 0.738. The first-order valence-corrected chi connectivity index (χ1v) is 10.4. The Hall–Kier alpha value is -2.49. The van der Waals surface area contributed by atoms with E-state index >= 15 is 0 Å². The van der Waals surface area contributed by atoms with Crippen molar-refractivity contribution in [3.63, 3.8) is 0 Å². The number of nitrogens with zero attached hydrogens (tertiary/aromatic N) is 1. The van der Waals surface area contributed by atoms with Crippen molar-refractivity contribution in [1.82, 2.24) is 5.32 Å². The van der Waals surface area contributed by atoms with Gasteiger partial charge in [0.05, 0.1) is 6.04 Å². The number of benzene rings is 2. The fourth-order valence-electron chi connectivity index (χ4n) is 3.77. The van der Waals surface area contributed by atoms with Crippen LogP contribution in [-0.2, 0) is 4.79 Å². The van der Waals surface area contributed by atoms with Gasteiger partial charge in [-0.15, -0.1) is 0 Å². The summed E-state index contributed by atoms with van der Waals surface area (Å²) in [4.78, 5) is 15.1. The highest BCUT2D eigenvalue weighted by Crippen LogP contribution is 2.25. The molecule has 2 aromatic carbocycles. The van der Waals surface area contributed by atoms with E-state index in [1.165, 1.54) is 18.5 Å². The van der Waals surface area contributed by atoms with Gasteiger partial charge in [-0.2, -0.15) is 0 Å². The topological polar surface area (TPSA) is 41.6 Å². The van der Waals surface area contributed by atoms with Crippen LogP contribution in [0.5, 0.6) is 5.75 Å². The maximum Gasteiger partial charge on any atom is 0.261 e. The summed E-state index contributed by atoms with van der Waals surface area (Å²) in [7, 11) is 0. The number of hydrogen-bond acceptors (Lipinski definition) is 3. The molecule has 0 aromatic heterocycles. The van der Waals surface area contributed by atoms with Gasteiger partial charge in [-0.25, -0.2) is 0 Å². The van der Waals surface area contributed by atoms with Crippen LogP contribution in [0, 0.1) is 5.92 Å². The van der Waals surface area contributed by atoms with E-state index in [0.717, 1.165) is 30.3 Å². The van der Waals surface area contributed by atoms with Crippen molar-refractivity contribution < 1.29 is 9.53 Å². The molecule has 1 aliphatic rings. The van der Waals surface area contributed by atoms with Crippen LogP contribution in [0.3, 0.4) is 0 Å². The molecule has 1 amide bonds. The number of rotatable bonds is 7. The minimum Gasteiger partial charge on any atom is -0.481 e. The van der Waals surface area contributed by atoms with Gasteiger partial charge in [-0.3, -0.25) is 4.79 Å². The van der Waals surface area contributed by atoms with Gasteiger partial charge in [-0.05, 0) is 61.9 Å². The van der Waals surface area contributed by atoms with Crippen LogP contribution in [0.2, 0.25) is 0 Å². The molecule has 0 aliphatic carbocycles. The van der Waals surface area contributed by atoms with E-state index in [-0.39, 0.29) is 11.9 Å². The van der Waals surface area contributed by atoms with Crippen molar-refractivity contribution in [3.8, 4) is 5.75 Å². The minimum absolute atomic E-state index is 0.0600. The van der Waals surface area contributed by atoms with Gasteiger partial charge < -0.3 is 15.0 Å². The Labute approximate surface area is 168 Å². The van der Waals surface area contributed by atoms with Crippen LogP contribution in [0.25, 0.3) is 0 Å². The molecule has 2 aromatic rings. The summed E-state index contributed by atoms with van der Waals surface area (Å²) in [5.74, 6) is 1.40. The number of hydrogen-bond donors (Lipinski definition) is 1. The molecule has 0 unspecified atom stereocenters. The Bertz CT molecular complexity index is 745. The van der Waals surface area contributed by atoms with Gasteiger partial charge in [0.1, 0.15) is 5.75 Å². The fraction of sp³-hybridized carbons (Fsp3) is 0.458. The van der Waals surface area contributed by atoms with Crippen molar-refractivity contribution in [3.05, 3.63) is 60.2 Å². The lowest BCUT2D eigenvalue weighted by Gasteiger charge is -2.33. The third kappa shape index (κ3) is 5.28. The monoisotopic (exact) mass is 380 g/mol. The molecule has 0 radical (unpaired) electrons. The van der Waals surface area contributed by atoms with E-state index in [2.05, 4.69) is 41.4 Å². The maximum absolute atomic E-state index is 12.7. The van der Waals surface area contributed by atoms with E-state index in [1.54, 1.807) is 0 Å². The SMILES string of the molecule is CC[C@H](Oc1ccccc1)C(=O)N[C@H](C)c1ccc(N2CCC[C@@H](C)C2)cc1. The number of carbonyl (C=O) groups excluding carboxylic acids is 1. The van der Waals surface area contributed by atoms with Gasteiger partial charge in [-0.1, -0.05) is 44.2 Å². The molecule has 0 bridgehead atoms. The second kappa shape index (κ2) is 9.63. The van der Waals surface area contributed by atoms with Crippen molar-refractivity contribution in [2.75, 3.05) is 18.0 Å². The van der Waals surface area contributed by atoms with E-state index in [4.69, 9.17) is 4.74 Å². The normalized spacial score (nSPS) is 19.0. The predicted octanol–water partition coefficient (Wildman–Crippen LogP) is 4.96. The van der Waals surface area contributed by atoms with Crippen LogP contribution in [0.4, 0.5) is 5.69 Å². The van der Waals surface area contributed by atoms with E-state index in [0.29, 0.717) is 6.42 Å². The van der Waals surface area contributed by atoms with Crippen LogP contribution in [-0.4, -0.2) is 25.1 Å². The van der Waals surface area contributed by atoms with Gasteiger partial charge >= 0.3 is 0 Å². The number of piperidine rings is 1. The minimum atomic E-state index is -0.487. The Morgan fingerprint density at radius 2 is 1.89 bits per heavy atom. The Balaban J connectivity index is 1.58. The second-order valence-electron chi connectivity index (χ2n) is 7.84. The first kappa shape index (κ1) is 20.2. The summed E-state index contributed by atoms with van der Waals surface area (Å²) in [5.41, 5.74) is 2.38. The third-order valence-corrected chi connectivity index (χ3v) is 5.46. The molecule has 3 rings (SSSR count). The number of carbonyl (C=O) groups is 1. The summed E-state index contributed by atoms with van der Waals surface area (Å²) in [6.07, 6.45) is 2.72. The number of anilines is 1. The van der Waals surface area contributed by atoms with E-state index in [1.807, 2.05) is 44.2 Å².